The maximum Gasteiger partial charge on any atom is 0.327 e. The lowest BCUT2D eigenvalue weighted by Gasteiger charge is -2.38. The van der Waals surface area contributed by atoms with E-state index in [-0.39, 0.29) is 18.7 Å². The first kappa shape index (κ1) is 40.1. The van der Waals surface area contributed by atoms with Gasteiger partial charge in [0, 0.05) is 12.3 Å². The monoisotopic (exact) mass is 674 g/mol. The van der Waals surface area contributed by atoms with Gasteiger partial charge in [0.15, 0.2) is 0 Å². The molecule has 1 unspecified atom stereocenters. The lowest BCUT2D eigenvalue weighted by Crippen LogP contribution is -2.66. The Morgan fingerprint density at radius 1 is 0.913 bits per heavy atom. The zero-order valence-electron chi connectivity index (χ0n) is 26.6. The lowest BCUT2D eigenvalue weighted by molar-refractivity contribution is -0.146. The van der Waals surface area contributed by atoms with Crippen molar-refractivity contribution in [1.29, 1.82) is 0 Å². The summed E-state index contributed by atoms with van der Waals surface area (Å²) in [4.78, 5) is 101. The van der Waals surface area contributed by atoms with Crippen molar-refractivity contribution in [1.82, 2.24) is 26.2 Å². The molecular formula is C28H46N6O11S. The first-order chi connectivity index (χ1) is 21.3. The summed E-state index contributed by atoms with van der Waals surface area (Å²) in [5.74, 6) is -9.62. The van der Waals surface area contributed by atoms with Crippen molar-refractivity contribution in [3.05, 3.63) is 0 Å². The smallest absolute Gasteiger partial charge is 0.327 e. The van der Waals surface area contributed by atoms with Gasteiger partial charge in [-0.2, -0.15) is 12.6 Å². The van der Waals surface area contributed by atoms with E-state index in [1.165, 1.54) is 11.8 Å². The molecule has 18 heteroatoms. The Labute approximate surface area is 272 Å². The summed E-state index contributed by atoms with van der Waals surface area (Å²) < 4.78 is 0. The normalized spacial score (nSPS) is 19.0. The topological polar surface area (TPSA) is 275 Å². The molecule has 0 aliphatic carbocycles. The number of carbonyl (C=O) groups excluding carboxylic acids is 5. The Morgan fingerprint density at radius 3 is 1.98 bits per heavy atom. The minimum atomic E-state index is -1.74. The highest BCUT2D eigenvalue weighted by Crippen LogP contribution is 2.24. The number of hydrogen-bond acceptors (Lipinski definition) is 10. The van der Waals surface area contributed by atoms with Gasteiger partial charge in [-0.1, -0.05) is 34.1 Å². The molecule has 0 bridgehead atoms. The fourth-order valence-electron chi connectivity index (χ4n) is 4.84. The van der Waals surface area contributed by atoms with Crippen LogP contribution in [0, 0.1) is 11.8 Å². The fraction of sp³-hybridized carbons (Fsp3) is 0.714. The second-order valence-corrected chi connectivity index (χ2v) is 12.2. The standard InChI is InChI=1S/C28H46N6O11S/c1-6-14(4)28(5,33-23(40)16(11-20(37)38)30-22(39)15(29)10-19(35)36)27(45)32-21(13(2)3)25(42)34-9-7-8-18(34)24(41)31-17(12-46)26(43)44/h13-18,21,46H,6-12,29H2,1-5H3,(H,30,39)(H,31,41)(H,32,45)(H,33,40)(H,35,36)(H,37,38)(H,43,44)/t14-,15-,16-,17-,18-,21?,28-/m0/s1. The number of nitrogens with zero attached hydrogens (tertiary/aromatic N) is 1. The number of carboxylic acids is 3. The summed E-state index contributed by atoms with van der Waals surface area (Å²) in [6.07, 6.45) is -0.623. The van der Waals surface area contributed by atoms with Crippen molar-refractivity contribution in [3.63, 3.8) is 0 Å². The zero-order chi connectivity index (χ0) is 35.5. The van der Waals surface area contributed by atoms with Crippen LogP contribution in [0.2, 0.25) is 0 Å². The van der Waals surface area contributed by atoms with Gasteiger partial charge in [0.25, 0.3) is 0 Å². The number of aliphatic carboxylic acids is 3. The molecule has 1 saturated heterocycles. The molecule has 17 nitrogen and oxygen atoms in total. The van der Waals surface area contributed by atoms with Crippen LogP contribution in [0.5, 0.6) is 0 Å². The third-order valence-electron chi connectivity index (χ3n) is 8.05. The van der Waals surface area contributed by atoms with Crippen LogP contribution in [0.25, 0.3) is 0 Å². The number of thiol groups is 1. The first-order valence-corrected chi connectivity index (χ1v) is 15.5. The summed E-state index contributed by atoms with van der Waals surface area (Å²) in [6.45, 7) is 8.25. The van der Waals surface area contributed by atoms with Gasteiger partial charge in [-0.05, 0) is 31.6 Å². The summed E-state index contributed by atoms with van der Waals surface area (Å²) in [5.41, 5.74) is 3.81. The molecule has 0 aromatic carbocycles. The number of carboxylic acid groups (broad SMARTS) is 3. The van der Waals surface area contributed by atoms with Crippen LogP contribution in [-0.2, 0) is 38.4 Å². The summed E-state index contributed by atoms with van der Waals surface area (Å²) in [7, 11) is 0. The quantitative estimate of drug-likeness (QED) is 0.0736. The van der Waals surface area contributed by atoms with E-state index in [1.807, 2.05) is 0 Å². The van der Waals surface area contributed by atoms with E-state index in [9.17, 15) is 48.6 Å². The van der Waals surface area contributed by atoms with E-state index in [0.29, 0.717) is 12.8 Å². The molecule has 0 saturated carbocycles. The molecule has 1 rings (SSSR count). The van der Waals surface area contributed by atoms with Crippen LogP contribution in [0.15, 0.2) is 0 Å². The molecule has 1 heterocycles. The molecular weight excluding hydrogens is 628 g/mol. The van der Waals surface area contributed by atoms with Crippen LogP contribution in [0.4, 0.5) is 0 Å². The molecule has 5 amide bonds. The van der Waals surface area contributed by atoms with E-state index in [4.69, 9.17) is 10.8 Å². The minimum Gasteiger partial charge on any atom is -0.481 e. The fourth-order valence-corrected chi connectivity index (χ4v) is 5.09. The summed E-state index contributed by atoms with van der Waals surface area (Å²) in [5, 5.41) is 37.2. The Balaban J connectivity index is 3.28. The van der Waals surface area contributed by atoms with Crippen molar-refractivity contribution in [2.45, 2.75) is 102 Å². The van der Waals surface area contributed by atoms with Crippen molar-refractivity contribution in [2.24, 2.45) is 17.6 Å². The lowest BCUT2D eigenvalue weighted by atomic mass is 9.83. The van der Waals surface area contributed by atoms with Crippen molar-refractivity contribution in [2.75, 3.05) is 12.3 Å². The van der Waals surface area contributed by atoms with Gasteiger partial charge in [0.1, 0.15) is 29.7 Å². The highest BCUT2D eigenvalue weighted by Gasteiger charge is 2.45. The third kappa shape index (κ3) is 10.9. The Kier molecular flexibility index (Phi) is 15.4. The van der Waals surface area contributed by atoms with Crippen LogP contribution >= 0.6 is 12.6 Å². The number of nitrogens with two attached hydrogens (primary N) is 1. The van der Waals surface area contributed by atoms with Crippen molar-refractivity contribution < 1.29 is 53.7 Å². The Hall–Kier alpha value is -3.93. The molecule has 0 radical (unpaired) electrons. The number of rotatable bonds is 18. The average Bonchev–Trinajstić information content (AvgIpc) is 3.46. The number of carbonyl (C=O) groups is 8. The molecule has 9 N–H and O–H groups in total. The molecule has 0 spiro atoms. The predicted octanol–water partition coefficient (Wildman–Crippen LogP) is -1.70. The zero-order valence-corrected chi connectivity index (χ0v) is 27.5. The number of likely N-dealkylation sites (tertiary alicyclic amines) is 1. The largest absolute Gasteiger partial charge is 0.481 e. The van der Waals surface area contributed by atoms with Gasteiger partial charge in [0.2, 0.25) is 29.5 Å². The Bertz CT molecular complexity index is 1180. The van der Waals surface area contributed by atoms with Gasteiger partial charge in [-0.3, -0.25) is 33.6 Å². The number of nitrogens with one attached hydrogen (secondary N) is 4. The van der Waals surface area contributed by atoms with E-state index in [2.05, 4.69) is 33.9 Å². The van der Waals surface area contributed by atoms with Gasteiger partial charge in [0.05, 0.1) is 18.9 Å². The molecule has 1 fully saturated rings. The van der Waals surface area contributed by atoms with E-state index in [0.717, 1.165) is 0 Å². The van der Waals surface area contributed by atoms with E-state index < -0.39 is 108 Å². The maximum absolute atomic E-state index is 13.9. The minimum absolute atomic E-state index is 0.168. The SMILES string of the molecule is CC[C@H](C)[C@](C)(NC(=O)[C@H](CC(=O)O)NC(=O)[C@@H](N)CC(=O)O)C(=O)NC(C(=O)N1CCC[C@H]1C(=O)N[C@@H](CS)C(=O)O)C(C)C. The van der Waals surface area contributed by atoms with Crippen molar-refractivity contribution >= 4 is 60.1 Å². The van der Waals surface area contributed by atoms with Gasteiger partial charge < -0.3 is 47.2 Å². The van der Waals surface area contributed by atoms with Gasteiger partial charge in [-0.25, -0.2) is 4.79 Å². The molecule has 0 aromatic rings. The average molecular weight is 675 g/mol. The predicted molar refractivity (Wildman–Crippen MR) is 165 cm³/mol. The van der Waals surface area contributed by atoms with Gasteiger partial charge in [-0.15, -0.1) is 0 Å². The van der Waals surface area contributed by atoms with Gasteiger partial charge >= 0.3 is 17.9 Å². The second kappa shape index (κ2) is 17.7. The summed E-state index contributed by atoms with van der Waals surface area (Å²) in [6, 6.07) is -6.73. The number of amides is 5. The molecule has 46 heavy (non-hydrogen) atoms. The molecule has 1 aliphatic heterocycles. The Morgan fingerprint density at radius 2 is 1.50 bits per heavy atom. The maximum atomic E-state index is 13.9. The molecule has 7 atom stereocenters. The van der Waals surface area contributed by atoms with Crippen LogP contribution < -0.4 is 27.0 Å². The summed E-state index contributed by atoms with van der Waals surface area (Å²) >= 11 is 3.94. The third-order valence-corrected chi connectivity index (χ3v) is 8.42. The molecule has 260 valence electrons. The molecule has 0 aromatic heterocycles. The highest BCUT2D eigenvalue weighted by atomic mass is 32.1. The first-order valence-electron chi connectivity index (χ1n) is 14.9. The number of hydrogen-bond donors (Lipinski definition) is 9. The van der Waals surface area contributed by atoms with Crippen molar-refractivity contribution in [3.8, 4) is 0 Å². The van der Waals surface area contributed by atoms with E-state index >= 15 is 0 Å². The van der Waals surface area contributed by atoms with E-state index in [1.54, 1.807) is 27.7 Å². The van der Waals surface area contributed by atoms with Crippen LogP contribution in [-0.4, -0.2) is 116 Å². The second-order valence-electron chi connectivity index (χ2n) is 11.8. The van der Waals surface area contributed by atoms with Crippen LogP contribution in [0.1, 0.15) is 66.7 Å². The molecule has 1 aliphatic rings. The highest BCUT2D eigenvalue weighted by molar-refractivity contribution is 7.80. The van der Waals surface area contributed by atoms with Crippen LogP contribution in [0.3, 0.4) is 0 Å².